The quantitative estimate of drug-likeness (QED) is 0.893. The van der Waals surface area contributed by atoms with Crippen molar-refractivity contribution in [3.8, 4) is 0 Å². The second kappa shape index (κ2) is 5.82. The van der Waals surface area contributed by atoms with Gasteiger partial charge < -0.3 is 14.8 Å². The van der Waals surface area contributed by atoms with E-state index in [0.29, 0.717) is 5.02 Å². The van der Waals surface area contributed by atoms with Crippen LogP contribution in [0, 0.1) is 0 Å². The first kappa shape index (κ1) is 14.0. The summed E-state index contributed by atoms with van der Waals surface area (Å²) in [4.78, 5) is 14.4. The molecule has 0 saturated carbocycles. The van der Waals surface area contributed by atoms with Crippen molar-refractivity contribution in [3.63, 3.8) is 0 Å². The Balaban J connectivity index is 1.76. The molecule has 0 spiro atoms. The minimum Gasteiger partial charge on any atom is -0.353 e. The fourth-order valence-corrected chi connectivity index (χ4v) is 3.09. The van der Waals surface area contributed by atoms with Crippen LogP contribution in [0.25, 0.3) is 0 Å². The van der Waals surface area contributed by atoms with E-state index in [1.54, 1.807) is 12.1 Å². The number of amides is 2. The van der Waals surface area contributed by atoms with E-state index in [2.05, 4.69) is 16.0 Å². The number of halogens is 1. The van der Waals surface area contributed by atoms with E-state index in [9.17, 15) is 4.79 Å². The lowest BCUT2D eigenvalue weighted by Gasteiger charge is -2.25. The summed E-state index contributed by atoms with van der Waals surface area (Å²) in [6.45, 7) is 0.780. The Hall–Kier alpha value is -1.94. The Labute approximate surface area is 129 Å². The maximum atomic E-state index is 12.5. The summed E-state index contributed by atoms with van der Waals surface area (Å²) < 4.78 is 2.08. The van der Waals surface area contributed by atoms with Gasteiger partial charge in [-0.3, -0.25) is 0 Å². The molecular formula is C16H18ClN3O. The van der Waals surface area contributed by atoms with Crippen LogP contribution < -0.4 is 5.32 Å². The monoisotopic (exact) mass is 303 g/mol. The Kier molecular flexibility index (Phi) is 3.88. The third-order valence-corrected chi connectivity index (χ3v) is 4.15. The van der Waals surface area contributed by atoms with Crippen molar-refractivity contribution in [1.29, 1.82) is 0 Å². The van der Waals surface area contributed by atoms with E-state index >= 15 is 0 Å². The number of hydrogen-bond acceptors (Lipinski definition) is 1. The van der Waals surface area contributed by atoms with Gasteiger partial charge in [-0.25, -0.2) is 4.79 Å². The van der Waals surface area contributed by atoms with Gasteiger partial charge in [0.1, 0.15) is 0 Å². The van der Waals surface area contributed by atoms with Crippen LogP contribution in [0.5, 0.6) is 0 Å². The van der Waals surface area contributed by atoms with Gasteiger partial charge in [0, 0.05) is 36.2 Å². The number of anilines is 1. The third kappa shape index (κ3) is 2.90. The molecule has 1 aromatic carbocycles. The second-order valence-electron chi connectivity index (χ2n) is 5.34. The zero-order valence-electron chi connectivity index (χ0n) is 11.9. The number of benzene rings is 1. The summed E-state index contributed by atoms with van der Waals surface area (Å²) in [5, 5.41) is 3.55. The maximum absolute atomic E-state index is 12.5. The first-order valence-electron chi connectivity index (χ1n) is 7.09. The number of nitrogens with zero attached hydrogens (tertiary/aromatic N) is 2. The Morgan fingerprint density at radius 1 is 1.33 bits per heavy atom. The van der Waals surface area contributed by atoms with Gasteiger partial charge in [-0.15, -0.1) is 0 Å². The van der Waals surface area contributed by atoms with Crippen molar-refractivity contribution in [2.75, 3.05) is 11.9 Å². The number of carbonyl (C=O) groups is 1. The Morgan fingerprint density at radius 2 is 2.19 bits per heavy atom. The van der Waals surface area contributed by atoms with Gasteiger partial charge in [0.2, 0.25) is 0 Å². The van der Waals surface area contributed by atoms with Gasteiger partial charge >= 0.3 is 6.03 Å². The molecular weight excluding hydrogens is 286 g/mol. The highest BCUT2D eigenvalue weighted by Gasteiger charge is 2.31. The first-order valence-corrected chi connectivity index (χ1v) is 7.47. The average Bonchev–Trinajstić information content (AvgIpc) is 3.06. The highest BCUT2D eigenvalue weighted by atomic mass is 35.5. The normalized spacial score (nSPS) is 18.0. The molecule has 5 heteroatoms. The lowest BCUT2D eigenvalue weighted by Crippen LogP contribution is -2.35. The summed E-state index contributed by atoms with van der Waals surface area (Å²) in [7, 11) is 2.01. The van der Waals surface area contributed by atoms with Crippen LogP contribution in [0.2, 0.25) is 5.02 Å². The first-order chi connectivity index (χ1) is 10.1. The number of carbonyl (C=O) groups excluding carboxylic acids is 1. The summed E-state index contributed by atoms with van der Waals surface area (Å²) in [6.07, 6.45) is 4.04. The minimum absolute atomic E-state index is 0.0685. The molecule has 110 valence electrons. The van der Waals surface area contributed by atoms with Crippen molar-refractivity contribution in [1.82, 2.24) is 9.47 Å². The molecule has 2 amide bonds. The van der Waals surface area contributed by atoms with Gasteiger partial charge in [0.25, 0.3) is 0 Å². The Bertz CT molecular complexity index is 652. The highest BCUT2D eigenvalue weighted by Crippen LogP contribution is 2.32. The summed E-state index contributed by atoms with van der Waals surface area (Å²) in [5.41, 5.74) is 1.90. The zero-order valence-corrected chi connectivity index (χ0v) is 12.7. The molecule has 1 N–H and O–H groups in total. The minimum atomic E-state index is -0.0685. The standard InChI is InChI=1S/C16H18ClN3O/c1-19-9-3-7-14(19)15-8-4-10-20(15)16(21)18-13-6-2-5-12(17)11-13/h2-3,5-7,9,11,15H,4,8,10H2,1H3,(H,18,21). The predicted molar refractivity (Wildman–Crippen MR) is 84.6 cm³/mol. The molecule has 0 bridgehead atoms. The molecule has 1 fully saturated rings. The summed E-state index contributed by atoms with van der Waals surface area (Å²) >= 11 is 5.95. The topological polar surface area (TPSA) is 37.3 Å². The second-order valence-corrected chi connectivity index (χ2v) is 5.77. The fourth-order valence-electron chi connectivity index (χ4n) is 2.90. The van der Waals surface area contributed by atoms with Crippen LogP contribution in [0.15, 0.2) is 42.6 Å². The molecule has 1 atom stereocenters. The molecule has 0 radical (unpaired) electrons. The molecule has 1 aliphatic heterocycles. The van der Waals surface area contributed by atoms with Crippen LogP contribution in [-0.2, 0) is 7.05 Å². The molecule has 2 heterocycles. The lowest BCUT2D eigenvalue weighted by atomic mass is 10.1. The SMILES string of the molecule is Cn1cccc1C1CCCN1C(=O)Nc1cccc(Cl)c1. The van der Waals surface area contributed by atoms with Crippen molar-refractivity contribution in [3.05, 3.63) is 53.3 Å². The predicted octanol–water partition coefficient (Wildman–Crippen LogP) is 4.05. The van der Waals surface area contributed by atoms with E-state index in [1.165, 1.54) is 5.69 Å². The molecule has 1 aromatic heterocycles. The van der Waals surface area contributed by atoms with E-state index in [0.717, 1.165) is 25.1 Å². The van der Waals surface area contributed by atoms with Crippen molar-refractivity contribution < 1.29 is 4.79 Å². The van der Waals surface area contributed by atoms with Gasteiger partial charge in [-0.1, -0.05) is 17.7 Å². The molecule has 21 heavy (non-hydrogen) atoms. The van der Waals surface area contributed by atoms with Gasteiger partial charge in [-0.2, -0.15) is 0 Å². The highest BCUT2D eigenvalue weighted by molar-refractivity contribution is 6.30. The number of nitrogens with one attached hydrogen (secondary N) is 1. The Morgan fingerprint density at radius 3 is 2.90 bits per heavy atom. The van der Waals surface area contributed by atoms with Gasteiger partial charge in [0.05, 0.1) is 6.04 Å². The number of rotatable bonds is 2. The van der Waals surface area contributed by atoms with E-state index in [-0.39, 0.29) is 12.1 Å². The van der Waals surface area contributed by atoms with Crippen molar-refractivity contribution in [2.45, 2.75) is 18.9 Å². The molecule has 4 nitrogen and oxygen atoms in total. The van der Waals surface area contributed by atoms with Gasteiger partial charge in [-0.05, 0) is 43.2 Å². The smallest absolute Gasteiger partial charge is 0.322 e. The van der Waals surface area contributed by atoms with Crippen LogP contribution in [0.1, 0.15) is 24.6 Å². The number of likely N-dealkylation sites (tertiary alicyclic amines) is 1. The zero-order chi connectivity index (χ0) is 14.8. The number of aromatic nitrogens is 1. The van der Waals surface area contributed by atoms with Crippen LogP contribution in [0.4, 0.5) is 10.5 Å². The van der Waals surface area contributed by atoms with Gasteiger partial charge in [0.15, 0.2) is 0 Å². The fraction of sp³-hybridized carbons (Fsp3) is 0.312. The van der Waals surface area contributed by atoms with E-state index in [1.807, 2.05) is 36.3 Å². The van der Waals surface area contributed by atoms with Crippen molar-refractivity contribution in [2.24, 2.45) is 7.05 Å². The van der Waals surface area contributed by atoms with E-state index < -0.39 is 0 Å². The number of aryl methyl sites for hydroxylation is 1. The molecule has 1 saturated heterocycles. The summed E-state index contributed by atoms with van der Waals surface area (Å²) in [6, 6.07) is 11.4. The van der Waals surface area contributed by atoms with Crippen LogP contribution in [0.3, 0.4) is 0 Å². The van der Waals surface area contributed by atoms with Crippen LogP contribution >= 0.6 is 11.6 Å². The molecule has 1 unspecified atom stereocenters. The maximum Gasteiger partial charge on any atom is 0.322 e. The molecule has 2 aromatic rings. The van der Waals surface area contributed by atoms with E-state index in [4.69, 9.17) is 11.6 Å². The van der Waals surface area contributed by atoms with Crippen LogP contribution in [-0.4, -0.2) is 22.0 Å². The summed E-state index contributed by atoms with van der Waals surface area (Å²) in [5.74, 6) is 0. The molecule has 3 rings (SSSR count). The van der Waals surface area contributed by atoms with Crippen molar-refractivity contribution >= 4 is 23.3 Å². The largest absolute Gasteiger partial charge is 0.353 e. The third-order valence-electron chi connectivity index (χ3n) is 3.91. The lowest BCUT2D eigenvalue weighted by molar-refractivity contribution is 0.205. The number of hydrogen-bond donors (Lipinski definition) is 1. The molecule has 1 aliphatic rings. The average molecular weight is 304 g/mol. The molecule has 0 aliphatic carbocycles. The number of urea groups is 1.